The number of hydrogen-bond acceptors (Lipinski definition) is 5. The first-order valence-corrected chi connectivity index (χ1v) is 8.59. The molecule has 21 heavy (non-hydrogen) atoms. The van der Waals surface area contributed by atoms with Gasteiger partial charge in [0, 0.05) is 31.7 Å². The molecule has 1 aromatic carbocycles. The Balaban J connectivity index is 2.33. The molecular weight excluding hydrogens is 318 g/mol. The van der Waals surface area contributed by atoms with Crippen LogP contribution in [-0.2, 0) is 10.0 Å². The van der Waals surface area contributed by atoms with Crippen LogP contribution in [-0.4, -0.2) is 49.6 Å². The maximum atomic E-state index is 11.7. The van der Waals surface area contributed by atoms with E-state index in [0.29, 0.717) is 23.8 Å². The van der Waals surface area contributed by atoms with Gasteiger partial charge in [0.15, 0.2) is 0 Å². The standard InChI is InChI=1S/C12H16ClN3O4S/c1-9-8-14(6-7-15(9)21(2,19)20)12-10(13)4-3-5-11(12)16(17)18/h3-5,9H,6-8H2,1-2H3/t9-/m0/s1. The van der Waals surface area contributed by atoms with Gasteiger partial charge in [-0.05, 0) is 13.0 Å². The van der Waals surface area contributed by atoms with Crippen LogP contribution in [0, 0.1) is 10.1 Å². The van der Waals surface area contributed by atoms with Gasteiger partial charge in [-0.15, -0.1) is 0 Å². The molecule has 0 N–H and O–H groups in total. The van der Waals surface area contributed by atoms with Crippen LogP contribution in [0.5, 0.6) is 0 Å². The quantitative estimate of drug-likeness (QED) is 0.621. The molecule has 0 saturated carbocycles. The first-order valence-electron chi connectivity index (χ1n) is 6.36. The van der Waals surface area contributed by atoms with Crippen molar-refractivity contribution >= 4 is 33.0 Å². The van der Waals surface area contributed by atoms with Gasteiger partial charge in [-0.25, -0.2) is 8.42 Å². The third kappa shape index (κ3) is 3.28. The zero-order valence-electron chi connectivity index (χ0n) is 11.7. The Bertz CT molecular complexity index is 664. The smallest absolute Gasteiger partial charge is 0.294 e. The summed E-state index contributed by atoms with van der Waals surface area (Å²) >= 11 is 6.10. The van der Waals surface area contributed by atoms with Crippen LogP contribution < -0.4 is 4.90 Å². The molecule has 1 atom stereocenters. The lowest BCUT2D eigenvalue weighted by Crippen LogP contribution is -2.53. The fourth-order valence-electron chi connectivity index (χ4n) is 2.60. The first-order chi connectivity index (χ1) is 9.71. The molecule has 116 valence electrons. The minimum Gasteiger partial charge on any atom is -0.362 e. The van der Waals surface area contributed by atoms with Crippen molar-refractivity contribution < 1.29 is 13.3 Å². The molecule has 7 nitrogen and oxygen atoms in total. The number of halogens is 1. The fraction of sp³-hybridized carbons (Fsp3) is 0.500. The number of sulfonamides is 1. The molecule has 1 aliphatic heterocycles. The molecule has 0 spiro atoms. The number of para-hydroxylation sites is 1. The summed E-state index contributed by atoms with van der Waals surface area (Å²) in [5.41, 5.74) is 0.284. The summed E-state index contributed by atoms with van der Waals surface area (Å²) in [6.07, 6.45) is 1.16. The number of nitro benzene ring substituents is 1. The van der Waals surface area contributed by atoms with E-state index in [1.54, 1.807) is 17.9 Å². The Morgan fingerprint density at radius 1 is 1.38 bits per heavy atom. The molecule has 1 aliphatic rings. The molecule has 0 bridgehead atoms. The van der Waals surface area contributed by atoms with Crippen molar-refractivity contribution in [3.8, 4) is 0 Å². The number of anilines is 1. The van der Waals surface area contributed by atoms with Crippen LogP contribution >= 0.6 is 11.6 Å². The highest BCUT2D eigenvalue weighted by Crippen LogP contribution is 2.36. The zero-order chi connectivity index (χ0) is 15.8. The van der Waals surface area contributed by atoms with Crippen molar-refractivity contribution in [3.63, 3.8) is 0 Å². The molecule has 0 amide bonds. The van der Waals surface area contributed by atoms with Gasteiger partial charge < -0.3 is 4.90 Å². The monoisotopic (exact) mass is 333 g/mol. The highest BCUT2D eigenvalue weighted by atomic mass is 35.5. The third-order valence-electron chi connectivity index (χ3n) is 3.47. The van der Waals surface area contributed by atoms with E-state index >= 15 is 0 Å². The minimum absolute atomic E-state index is 0.0671. The Morgan fingerprint density at radius 2 is 2.05 bits per heavy atom. The second-order valence-corrected chi connectivity index (χ2v) is 7.38. The molecule has 0 unspecified atom stereocenters. The van der Waals surface area contributed by atoms with Crippen molar-refractivity contribution in [2.24, 2.45) is 0 Å². The van der Waals surface area contributed by atoms with Gasteiger partial charge in [-0.1, -0.05) is 17.7 Å². The van der Waals surface area contributed by atoms with Crippen molar-refractivity contribution in [2.45, 2.75) is 13.0 Å². The van der Waals surface area contributed by atoms with Gasteiger partial charge >= 0.3 is 0 Å². The number of rotatable bonds is 3. The molecule has 9 heteroatoms. The second kappa shape index (κ2) is 5.78. The Kier molecular flexibility index (Phi) is 4.40. The van der Waals surface area contributed by atoms with Crippen molar-refractivity contribution in [3.05, 3.63) is 33.3 Å². The van der Waals surface area contributed by atoms with Crippen LogP contribution in [0.15, 0.2) is 18.2 Å². The Hall–Kier alpha value is -1.38. The van der Waals surface area contributed by atoms with E-state index in [0.717, 1.165) is 6.26 Å². The fourth-order valence-corrected chi connectivity index (χ4v) is 4.02. The topological polar surface area (TPSA) is 83.8 Å². The predicted molar refractivity (Wildman–Crippen MR) is 81.3 cm³/mol. The molecule has 1 aromatic rings. The molecule has 0 radical (unpaired) electrons. The van der Waals surface area contributed by atoms with E-state index in [-0.39, 0.29) is 18.3 Å². The second-order valence-electron chi connectivity index (χ2n) is 5.03. The van der Waals surface area contributed by atoms with E-state index in [1.807, 2.05) is 0 Å². The van der Waals surface area contributed by atoms with Gasteiger partial charge in [0.2, 0.25) is 10.0 Å². The lowest BCUT2D eigenvalue weighted by molar-refractivity contribution is -0.384. The van der Waals surface area contributed by atoms with Crippen molar-refractivity contribution in [1.29, 1.82) is 0 Å². The van der Waals surface area contributed by atoms with Gasteiger partial charge in [-0.2, -0.15) is 4.31 Å². The van der Waals surface area contributed by atoms with Crippen molar-refractivity contribution in [1.82, 2.24) is 4.31 Å². The first kappa shape index (κ1) is 16.0. The maximum absolute atomic E-state index is 11.7. The molecule has 1 heterocycles. The minimum atomic E-state index is -3.28. The molecular formula is C12H16ClN3O4S. The molecule has 2 rings (SSSR count). The highest BCUT2D eigenvalue weighted by molar-refractivity contribution is 7.88. The number of nitrogens with zero attached hydrogens (tertiary/aromatic N) is 3. The number of nitro groups is 1. The Morgan fingerprint density at radius 3 is 2.57 bits per heavy atom. The maximum Gasteiger partial charge on any atom is 0.294 e. The third-order valence-corrected chi connectivity index (χ3v) is 5.17. The van der Waals surface area contributed by atoms with Gasteiger partial charge in [0.05, 0.1) is 16.2 Å². The normalized spacial score (nSPS) is 20.5. The van der Waals surface area contributed by atoms with E-state index in [1.165, 1.54) is 16.4 Å². The Labute approximate surface area is 128 Å². The average molecular weight is 334 g/mol. The van der Waals surface area contributed by atoms with Crippen molar-refractivity contribution in [2.75, 3.05) is 30.8 Å². The summed E-state index contributed by atoms with van der Waals surface area (Å²) < 4.78 is 24.7. The SMILES string of the molecule is C[C@H]1CN(c2c(Cl)cccc2[N+](=O)[O-])CCN1S(C)(=O)=O. The summed E-state index contributed by atoms with van der Waals surface area (Å²) in [5.74, 6) is 0. The summed E-state index contributed by atoms with van der Waals surface area (Å²) in [7, 11) is -3.28. The lowest BCUT2D eigenvalue weighted by atomic mass is 10.2. The van der Waals surface area contributed by atoms with E-state index in [4.69, 9.17) is 11.6 Å². The van der Waals surface area contributed by atoms with E-state index in [2.05, 4.69) is 0 Å². The van der Waals surface area contributed by atoms with Crippen LogP contribution in [0.1, 0.15) is 6.92 Å². The number of hydrogen-bond donors (Lipinski definition) is 0. The van der Waals surface area contributed by atoms with E-state index in [9.17, 15) is 18.5 Å². The lowest BCUT2D eigenvalue weighted by Gasteiger charge is -2.39. The molecule has 0 aliphatic carbocycles. The van der Waals surface area contributed by atoms with Crippen LogP contribution in [0.2, 0.25) is 5.02 Å². The summed E-state index contributed by atoms with van der Waals surface area (Å²) in [4.78, 5) is 12.4. The zero-order valence-corrected chi connectivity index (χ0v) is 13.3. The van der Waals surface area contributed by atoms with E-state index < -0.39 is 14.9 Å². The average Bonchev–Trinajstić information content (AvgIpc) is 2.36. The summed E-state index contributed by atoms with van der Waals surface area (Å²) in [6, 6.07) is 4.25. The van der Waals surface area contributed by atoms with Crippen LogP contribution in [0.3, 0.4) is 0 Å². The summed E-state index contributed by atoms with van der Waals surface area (Å²) in [6.45, 7) is 2.78. The summed E-state index contributed by atoms with van der Waals surface area (Å²) in [5, 5.41) is 11.4. The predicted octanol–water partition coefficient (Wildman–Crippen LogP) is 1.72. The van der Waals surface area contributed by atoms with Gasteiger partial charge in [-0.3, -0.25) is 10.1 Å². The highest BCUT2D eigenvalue weighted by Gasteiger charge is 2.33. The van der Waals surface area contributed by atoms with Gasteiger partial charge in [0.25, 0.3) is 5.69 Å². The molecule has 1 fully saturated rings. The number of piperazine rings is 1. The molecule has 0 aromatic heterocycles. The van der Waals surface area contributed by atoms with Crippen LogP contribution in [0.4, 0.5) is 11.4 Å². The largest absolute Gasteiger partial charge is 0.362 e. The van der Waals surface area contributed by atoms with Gasteiger partial charge in [0.1, 0.15) is 5.69 Å². The molecule has 1 saturated heterocycles. The van der Waals surface area contributed by atoms with Crippen LogP contribution in [0.25, 0.3) is 0 Å². The number of benzene rings is 1.